The molecule has 20 heavy (non-hydrogen) atoms. The van der Waals surface area contributed by atoms with Gasteiger partial charge in [0.2, 0.25) is 0 Å². The van der Waals surface area contributed by atoms with E-state index in [0.29, 0.717) is 12.0 Å². The Morgan fingerprint density at radius 2 is 1.85 bits per heavy atom. The Morgan fingerprint density at radius 1 is 1.20 bits per heavy atom. The average molecular weight is 275 g/mol. The minimum Gasteiger partial charge on any atom is -0.373 e. The summed E-state index contributed by atoms with van der Waals surface area (Å²) in [6, 6.07) is 9.42. The van der Waals surface area contributed by atoms with E-state index >= 15 is 0 Å². The molecule has 2 nitrogen and oxygen atoms in total. The highest BCUT2D eigenvalue weighted by Crippen LogP contribution is 2.37. The van der Waals surface area contributed by atoms with Gasteiger partial charge in [-0.15, -0.1) is 0 Å². The van der Waals surface area contributed by atoms with Crippen molar-refractivity contribution in [1.82, 2.24) is 5.32 Å². The molecule has 1 aliphatic heterocycles. The molecule has 2 heteroatoms. The highest BCUT2D eigenvalue weighted by Gasteiger charge is 2.38. The SMILES string of the molecule is CCNC(c1ccc(C(C)CC)cc1)C1(C)CCCO1. The van der Waals surface area contributed by atoms with E-state index in [4.69, 9.17) is 4.74 Å². The maximum Gasteiger partial charge on any atom is 0.0849 e. The van der Waals surface area contributed by atoms with E-state index in [1.54, 1.807) is 0 Å². The van der Waals surface area contributed by atoms with Crippen LogP contribution in [0.5, 0.6) is 0 Å². The second-order valence-corrected chi connectivity index (χ2v) is 6.23. The lowest BCUT2D eigenvalue weighted by atomic mass is 9.86. The van der Waals surface area contributed by atoms with Crippen molar-refractivity contribution in [3.05, 3.63) is 35.4 Å². The van der Waals surface area contributed by atoms with Gasteiger partial charge < -0.3 is 10.1 Å². The molecule has 0 spiro atoms. The van der Waals surface area contributed by atoms with E-state index in [1.807, 2.05) is 0 Å². The third kappa shape index (κ3) is 3.24. The molecular weight excluding hydrogens is 246 g/mol. The van der Waals surface area contributed by atoms with Gasteiger partial charge in [-0.05, 0) is 49.8 Å². The number of rotatable bonds is 6. The summed E-state index contributed by atoms with van der Waals surface area (Å²) in [5, 5.41) is 3.62. The number of nitrogens with one attached hydrogen (secondary N) is 1. The Morgan fingerprint density at radius 3 is 2.35 bits per heavy atom. The Kier molecular flexibility index (Phi) is 5.22. The van der Waals surface area contributed by atoms with Crippen LogP contribution < -0.4 is 5.32 Å². The lowest BCUT2D eigenvalue weighted by molar-refractivity contribution is -0.0121. The van der Waals surface area contributed by atoms with Gasteiger partial charge in [-0.2, -0.15) is 0 Å². The molecule has 0 radical (unpaired) electrons. The zero-order valence-electron chi connectivity index (χ0n) is 13.4. The molecule has 0 aliphatic carbocycles. The van der Waals surface area contributed by atoms with Crippen molar-refractivity contribution in [2.75, 3.05) is 13.2 Å². The number of ether oxygens (including phenoxy) is 1. The Hall–Kier alpha value is -0.860. The van der Waals surface area contributed by atoms with E-state index in [9.17, 15) is 0 Å². The second kappa shape index (κ2) is 6.73. The van der Waals surface area contributed by atoms with Crippen molar-refractivity contribution in [3.8, 4) is 0 Å². The largest absolute Gasteiger partial charge is 0.373 e. The van der Waals surface area contributed by atoms with Crippen molar-refractivity contribution in [3.63, 3.8) is 0 Å². The molecule has 3 atom stereocenters. The predicted octanol–water partition coefficient (Wildman–Crippen LogP) is 4.42. The maximum atomic E-state index is 6.05. The van der Waals surface area contributed by atoms with Crippen LogP contribution >= 0.6 is 0 Å². The first-order valence-corrected chi connectivity index (χ1v) is 8.08. The molecular formula is C18H29NO. The predicted molar refractivity (Wildman–Crippen MR) is 85.2 cm³/mol. The standard InChI is InChI=1S/C18H29NO/c1-5-14(3)15-8-10-16(11-9-15)17(19-6-2)18(4)12-7-13-20-18/h8-11,14,17,19H,5-7,12-13H2,1-4H3. The quantitative estimate of drug-likeness (QED) is 0.830. The summed E-state index contributed by atoms with van der Waals surface area (Å²) in [5.74, 6) is 0.639. The first kappa shape index (κ1) is 15.5. The summed E-state index contributed by atoms with van der Waals surface area (Å²) in [4.78, 5) is 0. The van der Waals surface area contributed by atoms with Crippen LogP contribution in [0, 0.1) is 0 Å². The van der Waals surface area contributed by atoms with Gasteiger partial charge in [0.05, 0.1) is 11.6 Å². The molecule has 1 aromatic carbocycles. The number of benzene rings is 1. The van der Waals surface area contributed by atoms with Gasteiger partial charge in [-0.1, -0.05) is 45.0 Å². The van der Waals surface area contributed by atoms with E-state index in [0.717, 1.165) is 19.6 Å². The molecule has 1 aliphatic rings. The molecule has 1 aromatic rings. The summed E-state index contributed by atoms with van der Waals surface area (Å²) in [7, 11) is 0. The third-order valence-corrected chi connectivity index (χ3v) is 4.72. The fourth-order valence-corrected chi connectivity index (χ4v) is 3.17. The summed E-state index contributed by atoms with van der Waals surface area (Å²) in [6.07, 6.45) is 3.50. The Balaban J connectivity index is 2.21. The van der Waals surface area contributed by atoms with Crippen LogP contribution in [0.25, 0.3) is 0 Å². The third-order valence-electron chi connectivity index (χ3n) is 4.72. The van der Waals surface area contributed by atoms with E-state index in [2.05, 4.69) is 57.3 Å². The smallest absolute Gasteiger partial charge is 0.0849 e. The topological polar surface area (TPSA) is 21.3 Å². The molecule has 112 valence electrons. The van der Waals surface area contributed by atoms with Gasteiger partial charge in [0.15, 0.2) is 0 Å². The normalized spacial score (nSPS) is 25.6. The number of hydrogen-bond donors (Lipinski definition) is 1. The van der Waals surface area contributed by atoms with Gasteiger partial charge in [-0.25, -0.2) is 0 Å². The minimum atomic E-state index is -0.0616. The zero-order chi connectivity index (χ0) is 14.6. The summed E-state index contributed by atoms with van der Waals surface area (Å²) < 4.78 is 6.05. The average Bonchev–Trinajstić information content (AvgIpc) is 2.92. The number of likely N-dealkylation sites (N-methyl/N-ethyl adjacent to an activating group) is 1. The molecule has 2 rings (SSSR count). The molecule has 1 N–H and O–H groups in total. The Bertz CT molecular complexity index is 406. The van der Waals surface area contributed by atoms with Crippen molar-refractivity contribution in [1.29, 1.82) is 0 Å². The highest BCUT2D eigenvalue weighted by atomic mass is 16.5. The fourth-order valence-electron chi connectivity index (χ4n) is 3.17. The summed E-state index contributed by atoms with van der Waals surface area (Å²) >= 11 is 0. The highest BCUT2D eigenvalue weighted by molar-refractivity contribution is 5.29. The van der Waals surface area contributed by atoms with Crippen LogP contribution in [0.4, 0.5) is 0 Å². The van der Waals surface area contributed by atoms with Gasteiger partial charge in [0, 0.05) is 6.61 Å². The van der Waals surface area contributed by atoms with Crippen molar-refractivity contribution in [2.45, 2.75) is 64.5 Å². The summed E-state index contributed by atoms with van der Waals surface area (Å²) in [6.45, 7) is 10.8. The molecule has 1 fully saturated rings. The van der Waals surface area contributed by atoms with Crippen LogP contribution in [-0.4, -0.2) is 18.8 Å². The monoisotopic (exact) mass is 275 g/mol. The lowest BCUT2D eigenvalue weighted by Crippen LogP contribution is -2.41. The first-order valence-electron chi connectivity index (χ1n) is 8.08. The van der Waals surface area contributed by atoms with Gasteiger partial charge >= 0.3 is 0 Å². The fraction of sp³-hybridized carbons (Fsp3) is 0.667. The van der Waals surface area contributed by atoms with Crippen molar-refractivity contribution >= 4 is 0 Å². The molecule has 0 aromatic heterocycles. The van der Waals surface area contributed by atoms with Gasteiger partial charge in [-0.3, -0.25) is 0 Å². The maximum absolute atomic E-state index is 6.05. The van der Waals surface area contributed by atoms with Crippen LogP contribution in [0.1, 0.15) is 70.0 Å². The van der Waals surface area contributed by atoms with Crippen LogP contribution in [0.3, 0.4) is 0 Å². The Labute approximate surface area is 123 Å². The van der Waals surface area contributed by atoms with Crippen LogP contribution in [0.2, 0.25) is 0 Å². The number of hydrogen-bond acceptors (Lipinski definition) is 2. The lowest BCUT2D eigenvalue weighted by Gasteiger charge is -2.34. The van der Waals surface area contributed by atoms with E-state index in [1.165, 1.54) is 24.0 Å². The van der Waals surface area contributed by atoms with Gasteiger partial charge in [0.1, 0.15) is 0 Å². The van der Waals surface area contributed by atoms with Crippen LogP contribution in [-0.2, 0) is 4.74 Å². The van der Waals surface area contributed by atoms with Crippen LogP contribution in [0.15, 0.2) is 24.3 Å². The molecule has 0 saturated carbocycles. The van der Waals surface area contributed by atoms with Crippen molar-refractivity contribution < 1.29 is 4.74 Å². The molecule has 0 bridgehead atoms. The van der Waals surface area contributed by atoms with E-state index in [-0.39, 0.29) is 5.60 Å². The first-order chi connectivity index (χ1) is 9.60. The van der Waals surface area contributed by atoms with Gasteiger partial charge in [0.25, 0.3) is 0 Å². The minimum absolute atomic E-state index is 0.0616. The molecule has 0 amide bonds. The molecule has 1 heterocycles. The second-order valence-electron chi connectivity index (χ2n) is 6.23. The van der Waals surface area contributed by atoms with E-state index < -0.39 is 0 Å². The molecule has 3 unspecified atom stereocenters. The summed E-state index contributed by atoms with van der Waals surface area (Å²) in [5.41, 5.74) is 2.72. The van der Waals surface area contributed by atoms with Crippen molar-refractivity contribution in [2.24, 2.45) is 0 Å². The zero-order valence-corrected chi connectivity index (χ0v) is 13.4. The molecule has 1 saturated heterocycles.